The molecule has 0 bridgehead atoms. The number of carbonyl (C=O) groups excluding carboxylic acids is 2. The monoisotopic (exact) mass is 225 g/mol. The number of fused-ring (bicyclic) bond motifs is 1. The lowest BCUT2D eigenvalue weighted by atomic mass is 10.0. The second-order valence-electron chi connectivity index (χ2n) is 3.48. The number of ether oxygens (including phenoxy) is 2. The molecule has 0 saturated carbocycles. The number of carbonyl (C=O) groups is 2. The Morgan fingerprint density at radius 3 is 3.19 bits per heavy atom. The number of ketones is 1. The van der Waals surface area contributed by atoms with Crippen LogP contribution in [0.5, 0.6) is 0 Å². The fourth-order valence-corrected chi connectivity index (χ4v) is 1.49. The fourth-order valence-electron chi connectivity index (χ4n) is 1.49. The number of amides is 1. The number of hydrogen-bond donors (Lipinski definition) is 2. The van der Waals surface area contributed by atoms with E-state index in [-0.39, 0.29) is 18.1 Å². The van der Waals surface area contributed by atoms with Crippen molar-refractivity contribution in [3.8, 4) is 0 Å². The molecule has 2 aliphatic rings. The predicted octanol–water partition coefficient (Wildman–Crippen LogP) is -0.507. The van der Waals surface area contributed by atoms with Gasteiger partial charge in [-0.25, -0.2) is 4.79 Å². The average molecular weight is 225 g/mol. The Morgan fingerprint density at radius 1 is 1.75 bits per heavy atom. The summed E-state index contributed by atoms with van der Waals surface area (Å²) in [6, 6.07) is 0. The maximum Gasteiger partial charge on any atom is 0.411 e. The fraction of sp³-hybridized carbons (Fsp3) is 0.400. The third kappa shape index (κ3) is 1.98. The standard InChI is InChI=1S/C10H11NO5/c1-2-3-15-10(14)11-5-4-6(12)8-9(16-8)7(5)13/h2,4,7-9,13H,1,3H2,(H,11,14)/t7-,8-,9+/m1/s1. The zero-order chi connectivity index (χ0) is 11.7. The van der Waals surface area contributed by atoms with E-state index < -0.39 is 24.4 Å². The summed E-state index contributed by atoms with van der Waals surface area (Å²) in [5.41, 5.74) is 0.109. The van der Waals surface area contributed by atoms with E-state index >= 15 is 0 Å². The van der Waals surface area contributed by atoms with Gasteiger partial charge in [-0.2, -0.15) is 0 Å². The molecule has 1 aliphatic heterocycles. The molecule has 2 N–H and O–H groups in total. The second kappa shape index (κ2) is 4.07. The van der Waals surface area contributed by atoms with Crippen molar-refractivity contribution in [1.29, 1.82) is 0 Å². The summed E-state index contributed by atoms with van der Waals surface area (Å²) >= 11 is 0. The van der Waals surface area contributed by atoms with Crippen LogP contribution in [0.15, 0.2) is 24.4 Å². The second-order valence-corrected chi connectivity index (χ2v) is 3.48. The van der Waals surface area contributed by atoms with Crippen molar-refractivity contribution in [2.24, 2.45) is 0 Å². The molecule has 0 aromatic carbocycles. The van der Waals surface area contributed by atoms with Crippen molar-refractivity contribution in [2.75, 3.05) is 6.61 Å². The largest absolute Gasteiger partial charge is 0.445 e. The van der Waals surface area contributed by atoms with Crippen LogP contribution < -0.4 is 5.32 Å². The van der Waals surface area contributed by atoms with Crippen molar-refractivity contribution < 1.29 is 24.2 Å². The van der Waals surface area contributed by atoms with E-state index in [1.54, 1.807) is 0 Å². The summed E-state index contributed by atoms with van der Waals surface area (Å²) in [5, 5.41) is 11.9. The Balaban J connectivity index is 1.96. The SMILES string of the molecule is C=CCOC(=O)NC1=CC(=O)[C@H]2O[C@H]2[C@@H]1O. The summed E-state index contributed by atoms with van der Waals surface area (Å²) in [6.07, 6.45) is -0.238. The normalized spacial score (nSPS) is 31.2. The Hall–Kier alpha value is -1.66. The maximum absolute atomic E-state index is 11.3. The first-order valence-electron chi connectivity index (χ1n) is 4.77. The van der Waals surface area contributed by atoms with E-state index in [9.17, 15) is 14.7 Å². The van der Waals surface area contributed by atoms with E-state index in [0.717, 1.165) is 6.08 Å². The lowest BCUT2D eigenvalue weighted by molar-refractivity contribution is -0.116. The molecule has 86 valence electrons. The highest BCUT2D eigenvalue weighted by molar-refractivity contribution is 5.98. The Labute approximate surface area is 91.5 Å². The van der Waals surface area contributed by atoms with Gasteiger partial charge in [0.2, 0.25) is 0 Å². The van der Waals surface area contributed by atoms with Gasteiger partial charge < -0.3 is 14.6 Å². The molecule has 0 radical (unpaired) electrons. The van der Waals surface area contributed by atoms with Crippen molar-refractivity contribution in [3.05, 3.63) is 24.4 Å². The molecule has 16 heavy (non-hydrogen) atoms. The van der Waals surface area contributed by atoms with Crippen molar-refractivity contribution in [3.63, 3.8) is 0 Å². The maximum atomic E-state index is 11.3. The van der Waals surface area contributed by atoms with Crippen LogP contribution in [-0.2, 0) is 14.3 Å². The van der Waals surface area contributed by atoms with Crippen LogP contribution in [0.25, 0.3) is 0 Å². The van der Waals surface area contributed by atoms with E-state index in [2.05, 4.69) is 16.6 Å². The minimum atomic E-state index is -0.987. The highest BCUT2D eigenvalue weighted by Crippen LogP contribution is 2.33. The number of aliphatic hydroxyl groups excluding tert-OH is 1. The zero-order valence-corrected chi connectivity index (χ0v) is 8.38. The number of hydrogen-bond acceptors (Lipinski definition) is 5. The lowest BCUT2D eigenvalue weighted by Gasteiger charge is -2.16. The summed E-state index contributed by atoms with van der Waals surface area (Å²) in [7, 11) is 0. The molecule has 1 aliphatic carbocycles. The van der Waals surface area contributed by atoms with Crippen molar-refractivity contribution in [2.45, 2.75) is 18.3 Å². The molecule has 6 nitrogen and oxygen atoms in total. The summed E-state index contributed by atoms with van der Waals surface area (Å²) in [4.78, 5) is 22.4. The average Bonchev–Trinajstić information content (AvgIpc) is 3.03. The van der Waals surface area contributed by atoms with Crippen LogP contribution in [0, 0.1) is 0 Å². The topological polar surface area (TPSA) is 88.2 Å². The van der Waals surface area contributed by atoms with Crippen LogP contribution >= 0.6 is 0 Å². The molecule has 6 heteroatoms. The van der Waals surface area contributed by atoms with Gasteiger partial charge in [-0.05, 0) is 0 Å². The van der Waals surface area contributed by atoms with Gasteiger partial charge in [0.1, 0.15) is 24.9 Å². The van der Waals surface area contributed by atoms with Gasteiger partial charge in [-0.1, -0.05) is 12.7 Å². The molecular formula is C10H11NO5. The van der Waals surface area contributed by atoms with Crippen molar-refractivity contribution in [1.82, 2.24) is 5.32 Å². The van der Waals surface area contributed by atoms with Crippen LogP contribution in [0.1, 0.15) is 0 Å². The molecule has 0 spiro atoms. The smallest absolute Gasteiger partial charge is 0.411 e. The van der Waals surface area contributed by atoms with E-state index in [1.807, 2.05) is 0 Å². The van der Waals surface area contributed by atoms with E-state index in [1.165, 1.54) is 6.08 Å². The third-order valence-electron chi connectivity index (χ3n) is 2.31. The number of epoxide rings is 1. The number of aliphatic hydroxyl groups is 1. The highest BCUT2D eigenvalue weighted by atomic mass is 16.6. The summed E-state index contributed by atoms with van der Waals surface area (Å²) in [6.45, 7) is 3.44. The summed E-state index contributed by atoms with van der Waals surface area (Å²) in [5.74, 6) is -0.255. The number of nitrogens with one attached hydrogen (secondary N) is 1. The zero-order valence-electron chi connectivity index (χ0n) is 8.38. The van der Waals surface area contributed by atoms with Gasteiger partial charge in [0.15, 0.2) is 5.78 Å². The molecule has 1 fully saturated rings. The van der Waals surface area contributed by atoms with Gasteiger partial charge in [0.25, 0.3) is 0 Å². The quantitative estimate of drug-likeness (QED) is 0.499. The molecule has 3 atom stereocenters. The molecular weight excluding hydrogens is 214 g/mol. The van der Waals surface area contributed by atoms with Crippen molar-refractivity contribution >= 4 is 11.9 Å². The van der Waals surface area contributed by atoms with Crippen LogP contribution in [-0.4, -0.2) is 41.9 Å². The third-order valence-corrected chi connectivity index (χ3v) is 2.31. The van der Waals surface area contributed by atoms with Crippen LogP contribution in [0.3, 0.4) is 0 Å². The van der Waals surface area contributed by atoms with Gasteiger partial charge in [0.05, 0.1) is 5.70 Å². The molecule has 1 amide bonds. The first kappa shape index (κ1) is 10.8. The summed E-state index contributed by atoms with van der Waals surface area (Å²) < 4.78 is 9.59. The molecule has 0 aromatic rings. The minimum Gasteiger partial charge on any atom is -0.445 e. The van der Waals surface area contributed by atoms with Gasteiger partial charge in [0, 0.05) is 6.08 Å². The predicted molar refractivity (Wildman–Crippen MR) is 52.4 cm³/mol. The molecule has 1 saturated heterocycles. The number of alkyl carbamates (subject to hydrolysis) is 1. The molecule has 2 rings (SSSR count). The molecule has 0 aromatic heterocycles. The Bertz CT molecular complexity index is 375. The van der Waals surface area contributed by atoms with E-state index in [0.29, 0.717) is 0 Å². The number of rotatable bonds is 3. The van der Waals surface area contributed by atoms with Crippen LogP contribution in [0.2, 0.25) is 0 Å². The molecule has 0 unspecified atom stereocenters. The Morgan fingerprint density at radius 2 is 2.50 bits per heavy atom. The van der Waals surface area contributed by atoms with Gasteiger partial charge in [-0.15, -0.1) is 0 Å². The lowest BCUT2D eigenvalue weighted by Crippen LogP contribution is -2.37. The van der Waals surface area contributed by atoms with E-state index in [4.69, 9.17) is 4.74 Å². The molecule has 1 heterocycles. The van der Waals surface area contributed by atoms with Gasteiger partial charge >= 0.3 is 6.09 Å². The highest BCUT2D eigenvalue weighted by Gasteiger charge is 2.53. The minimum absolute atomic E-state index is 0.0612. The first-order valence-corrected chi connectivity index (χ1v) is 4.77. The Kier molecular flexibility index (Phi) is 2.76. The first-order chi connectivity index (χ1) is 7.63. The van der Waals surface area contributed by atoms with Crippen LogP contribution in [0.4, 0.5) is 4.79 Å². The van der Waals surface area contributed by atoms with Gasteiger partial charge in [-0.3, -0.25) is 10.1 Å².